The number of benzene rings is 7. The monoisotopic (exact) mass is 678 g/mol. The van der Waals surface area contributed by atoms with Gasteiger partial charge in [-0.15, -0.1) is 0 Å². The number of anilines is 2. The first-order valence-corrected chi connectivity index (χ1v) is 18.1. The van der Waals surface area contributed by atoms with E-state index in [1.165, 1.54) is 16.7 Å². The molecule has 2 aliphatic rings. The Hall–Kier alpha value is -7.04. The van der Waals surface area contributed by atoms with Crippen molar-refractivity contribution in [1.29, 1.82) is 0 Å². The van der Waals surface area contributed by atoms with E-state index in [9.17, 15) is 0 Å². The van der Waals surface area contributed by atoms with Gasteiger partial charge < -0.3 is 9.32 Å². The third kappa shape index (κ3) is 4.62. The molecular formula is C49H32N3O+. The Bertz CT molecular complexity index is 2920. The summed E-state index contributed by atoms with van der Waals surface area (Å²) in [7, 11) is 0. The number of aromatic nitrogens is 1. The molecule has 248 valence electrons. The predicted molar refractivity (Wildman–Crippen MR) is 220 cm³/mol. The second-order valence-corrected chi connectivity index (χ2v) is 13.7. The van der Waals surface area contributed by atoms with E-state index in [1.807, 2.05) is 18.3 Å². The van der Waals surface area contributed by atoms with E-state index in [4.69, 9.17) is 9.40 Å². The highest BCUT2D eigenvalue weighted by molar-refractivity contribution is 6.11. The van der Waals surface area contributed by atoms with Crippen molar-refractivity contribution in [1.82, 2.24) is 9.56 Å². The van der Waals surface area contributed by atoms with Gasteiger partial charge in [-0.25, -0.2) is 0 Å². The van der Waals surface area contributed by atoms with E-state index in [0.717, 1.165) is 90.3 Å². The Labute approximate surface area is 307 Å². The van der Waals surface area contributed by atoms with Crippen molar-refractivity contribution in [2.75, 3.05) is 11.4 Å². The molecule has 0 atom stereocenters. The van der Waals surface area contributed by atoms with Crippen molar-refractivity contribution in [3.8, 4) is 55.8 Å². The summed E-state index contributed by atoms with van der Waals surface area (Å²) in [5.74, 6) is 0. The molecule has 0 amide bonds. The standard InChI is InChI=1S/C49H32N3O/c1-3-13-33(14-4-1)51-27-28-52(34-15-5-2-6-16-34)46-31-44-43(30-45(46)51)37-18-8-7-17-36(37)42-29-32(24-25-38(42)40-22-12-26-50-48(40)44)35-20-11-21-41-39-19-9-10-23-47(39)53-49(35)41/h1-27,29-31H,28H2/q+1. The number of nitrogens with zero attached hydrogens (tertiary/aromatic N) is 3. The van der Waals surface area contributed by atoms with Crippen LogP contribution in [0.2, 0.25) is 0 Å². The van der Waals surface area contributed by atoms with Crippen LogP contribution in [0.1, 0.15) is 0 Å². The number of para-hydroxylation sites is 4. The van der Waals surface area contributed by atoms with Gasteiger partial charge in [-0.05, 0) is 69.8 Å². The number of rotatable bonds is 3. The number of hydrogen-bond donors (Lipinski definition) is 0. The lowest BCUT2D eigenvalue weighted by molar-refractivity contribution is 0.670. The molecule has 4 heteroatoms. The number of pyridine rings is 1. The minimum Gasteiger partial charge on any atom is -0.455 e. The maximum atomic E-state index is 6.52. The topological polar surface area (TPSA) is 32.3 Å². The molecule has 0 radical (unpaired) electrons. The van der Waals surface area contributed by atoms with Gasteiger partial charge in [0, 0.05) is 57.5 Å². The summed E-state index contributed by atoms with van der Waals surface area (Å²) in [5.41, 5.74) is 17.6. The van der Waals surface area contributed by atoms with E-state index in [0.29, 0.717) is 0 Å². The Kier molecular flexibility index (Phi) is 6.58. The van der Waals surface area contributed by atoms with Gasteiger partial charge in [0.25, 0.3) is 0 Å². The van der Waals surface area contributed by atoms with Gasteiger partial charge in [0.15, 0.2) is 6.21 Å². The van der Waals surface area contributed by atoms with Crippen molar-refractivity contribution in [2.24, 2.45) is 0 Å². The summed E-state index contributed by atoms with van der Waals surface area (Å²) < 4.78 is 8.86. The fourth-order valence-corrected chi connectivity index (χ4v) is 8.38. The van der Waals surface area contributed by atoms with Crippen LogP contribution in [0.4, 0.5) is 22.7 Å². The van der Waals surface area contributed by atoms with Crippen LogP contribution in [0.5, 0.6) is 0 Å². The Morgan fingerprint density at radius 1 is 0.509 bits per heavy atom. The van der Waals surface area contributed by atoms with Crippen LogP contribution in [0.3, 0.4) is 0 Å². The minimum atomic E-state index is 0.736. The molecule has 0 fully saturated rings. The van der Waals surface area contributed by atoms with Crippen LogP contribution >= 0.6 is 0 Å². The first-order valence-electron chi connectivity index (χ1n) is 18.1. The maximum Gasteiger partial charge on any atom is 0.235 e. The summed E-state index contributed by atoms with van der Waals surface area (Å²) in [6, 6.07) is 60.8. The summed E-state index contributed by atoms with van der Waals surface area (Å²) in [6.07, 6.45) is 4.21. The molecule has 53 heavy (non-hydrogen) atoms. The molecule has 9 aromatic rings. The molecule has 7 aromatic carbocycles. The second kappa shape index (κ2) is 11.8. The molecular weight excluding hydrogens is 647 g/mol. The van der Waals surface area contributed by atoms with Crippen molar-refractivity contribution >= 4 is 50.9 Å². The molecule has 0 saturated carbocycles. The zero-order chi connectivity index (χ0) is 34.9. The zero-order valence-corrected chi connectivity index (χ0v) is 28.8. The highest BCUT2D eigenvalue weighted by Crippen LogP contribution is 2.52. The normalized spacial score (nSPS) is 12.9. The molecule has 0 bridgehead atoms. The average Bonchev–Trinajstić information content (AvgIpc) is 3.62. The summed E-state index contributed by atoms with van der Waals surface area (Å²) in [5, 5.41) is 2.26. The number of fused-ring (bicyclic) bond motifs is 12. The number of hydrogen-bond acceptors (Lipinski definition) is 3. The van der Waals surface area contributed by atoms with Gasteiger partial charge in [-0.2, -0.15) is 4.58 Å². The summed E-state index contributed by atoms with van der Waals surface area (Å²) in [4.78, 5) is 7.55. The molecule has 11 rings (SSSR count). The summed E-state index contributed by atoms with van der Waals surface area (Å²) >= 11 is 0. The smallest absolute Gasteiger partial charge is 0.235 e. The van der Waals surface area contributed by atoms with Crippen molar-refractivity contribution in [3.05, 3.63) is 176 Å². The largest absolute Gasteiger partial charge is 0.455 e. The SMILES string of the molecule is C1=[N+](c2ccccc2)c2cc3c(cc2N(c2ccccc2)C1)-c1ncccc1-c1ccc(-c2cccc4c2oc2ccccc24)cc1-c1ccccc1-3. The molecule has 0 saturated heterocycles. The van der Waals surface area contributed by atoms with Crippen LogP contribution in [0, 0.1) is 0 Å². The van der Waals surface area contributed by atoms with Crippen molar-refractivity contribution in [2.45, 2.75) is 0 Å². The Morgan fingerprint density at radius 3 is 2.04 bits per heavy atom. The first-order chi connectivity index (χ1) is 26.3. The molecule has 2 aromatic heterocycles. The van der Waals surface area contributed by atoms with E-state index in [-0.39, 0.29) is 0 Å². The van der Waals surface area contributed by atoms with E-state index in [2.05, 4.69) is 173 Å². The van der Waals surface area contributed by atoms with Gasteiger partial charge in [-0.3, -0.25) is 4.98 Å². The lowest BCUT2D eigenvalue weighted by atomic mass is 9.81. The molecule has 0 N–H and O–H groups in total. The first kappa shape index (κ1) is 29.7. The maximum absolute atomic E-state index is 6.52. The molecule has 1 aliphatic heterocycles. The van der Waals surface area contributed by atoms with Crippen LogP contribution in [0.15, 0.2) is 180 Å². The van der Waals surface area contributed by atoms with Gasteiger partial charge >= 0.3 is 0 Å². The fourth-order valence-electron chi connectivity index (χ4n) is 8.38. The molecule has 1 aliphatic carbocycles. The van der Waals surface area contributed by atoms with Crippen molar-refractivity contribution in [3.63, 3.8) is 0 Å². The fraction of sp³-hybridized carbons (Fsp3) is 0.0204. The van der Waals surface area contributed by atoms with E-state index >= 15 is 0 Å². The molecule has 3 heterocycles. The van der Waals surface area contributed by atoms with Crippen molar-refractivity contribution < 1.29 is 4.42 Å². The van der Waals surface area contributed by atoms with Crippen LogP contribution in [-0.4, -0.2) is 17.7 Å². The lowest BCUT2D eigenvalue weighted by Crippen LogP contribution is -2.29. The summed E-state index contributed by atoms with van der Waals surface area (Å²) in [6.45, 7) is 0.736. The predicted octanol–water partition coefficient (Wildman–Crippen LogP) is 12.7. The third-order valence-corrected chi connectivity index (χ3v) is 10.8. The van der Waals surface area contributed by atoms with Crippen LogP contribution in [0.25, 0.3) is 77.7 Å². The van der Waals surface area contributed by atoms with Gasteiger partial charge in [-0.1, -0.05) is 115 Å². The second-order valence-electron chi connectivity index (χ2n) is 13.7. The highest BCUT2D eigenvalue weighted by Gasteiger charge is 2.32. The molecule has 0 unspecified atom stereocenters. The minimum absolute atomic E-state index is 0.736. The Balaban J connectivity index is 1.18. The molecule has 0 spiro atoms. The van der Waals surface area contributed by atoms with E-state index < -0.39 is 0 Å². The average molecular weight is 679 g/mol. The quantitative estimate of drug-likeness (QED) is 0.174. The Morgan fingerprint density at radius 2 is 1.19 bits per heavy atom. The van der Waals surface area contributed by atoms with Gasteiger partial charge in [0.2, 0.25) is 11.4 Å². The van der Waals surface area contributed by atoms with Gasteiger partial charge in [0.05, 0.1) is 5.69 Å². The van der Waals surface area contributed by atoms with Crippen LogP contribution < -0.4 is 9.48 Å². The highest BCUT2D eigenvalue weighted by atomic mass is 16.3. The zero-order valence-electron chi connectivity index (χ0n) is 28.8. The third-order valence-electron chi connectivity index (χ3n) is 10.8. The van der Waals surface area contributed by atoms with E-state index in [1.54, 1.807) is 0 Å². The lowest BCUT2D eigenvalue weighted by Gasteiger charge is -2.29. The molecule has 4 nitrogen and oxygen atoms in total. The van der Waals surface area contributed by atoms with Crippen LogP contribution in [-0.2, 0) is 0 Å². The van der Waals surface area contributed by atoms with Gasteiger partial charge in [0.1, 0.15) is 23.4 Å². The number of furan rings is 1.